The number of carbonyl (C=O) groups is 2. The summed E-state index contributed by atoms with van der Waals surface area (Å²) in [4.78, 5) is 27.5. The smallest absolute Gasteiger partial charge is 0.312 e. The van der Waals surface area contributed by atoms with Crippen molar-refractivity contribution in [3.63, 3.8) is 0 Å². The minimum absolute atomic E-state index is 0.0166. The van der Waals surface area contributed by atoms with Gasteiger partial charge in [0.25, 0.3) is 0 Å². The van der Waals surface area contributed by atoms with Gasteiger partial charge < -0.3 is 15.1 Å². The van der Waals surface area contributed by atoms with Crippen molar-refractivity contribution in [1.82, 2.24) is 10.2 Å². The lowest BCUT2D eigenvalue weighted by molar-refractivity contribution is -0.146. The summed E-state index contributed by atoms with van der Waals surface area (Å²) in [7, 11) is 0. The SMILES string of the molecule is CC(C)NC(=O)C(=O)N1CCN(c2ccccc2)CC1. The monoisotopic (exact) mass is 275 g/mol. The molecule has 1 N–H and O–H groups in total. The van der Waals surface area contributed by atoms with Crippen LogP contribution < -0.4 is 10.2 Å². The Morgan fingerprint density at radius 3 is 2.20 bits per heavy atom. The van der Waals surface area contributed by atoms with E-state index >= 15 is 0 Å². The summed E-state index contributed by atoms with van der Waals surface area (Å²) >= 11 is 0. The number of benzene rings is 1. The van der Waals surface area contributed by atoms with Crippen LogP contribution >= 0.6 is 0 Å². The average Bonchev–Trinajstić information content (AvgIpc) is 2.47. The molecule has 0 spiro atoms. The van der Waals surface area contributed by atoms with Crippen LogP contribution in [0.1, 0.15) is 13.8 Å². The van der Waals surface area contributed by atoms with Crippen LogP contribution in [0, 0.1) is 0 Å². The van der Waals surface area contributed by atoms with Crippen molar-refractivity contribution in [2.75, 3.05) is 31.1 Å². The third kappa shape index (κ3) is 3.50. The maximum absolute atomic E-state index is 12.0. The fourth-order valence-corrected chi connectivity index (χ4v) is 2.27. The molecule has 2 rings (SSSR count). The molecule has 1 aromatic rings. The Morgan fingerprint density at radius 1 is 1.05 bits per heavy atom. The van der Waals surface area contributed by atoms with Crippen molar-refractivity contribution in [2.24, 2.45) is 0 Å². The van der Waals surface area contributed by atoms with Crippen LogP contribution in [0.25, 0.3) is 0 Å². The summed E-state index contributed by atoms with van der Waals surface area (Å²) in [6, 6.07) is 10.1. The van der Waals surface area contributed by atoms with Crippen LogP contribution in [0.2, 0.25) is 0 Å². The van der Waals surface area contributed by atoms with Crippen LogP contribution in [0.4, 0.5) is 5.69 Å². The molecule has 0 aliphatic carbocycles. The van der Waals surface area contributed by atoms with Crippen molar-refractivity contribution in [2.45, 2.75) is 19.9 Å². The van der Waals surface area contributed by atoms with E-state index in [1.165, 1.54) is 0 Å². The van der Waals surface area contributed by atoms with Gasteiger partial charge in [-0.2, -0.15) is 0 Å². The minimum Gasteiger partial charge on any atom is -0.368 e. The molecular formula is C15H21N3O2. The van der Waals surface area contributed by atoms with E-state index in [-0.39, 0.29) is 6.04 Å². The summed E-state index contributed by atoms with van der Waals surface area (Å²) in [5.74, 6) is -0.931. The molecule has 0 atom stereocenters. The maximum Gasteiger partial charge on any atom is 0.312 e. The Kier molecular flexibility index (Phi) is 4.61. The zero-order valence-electron chi connectivity index (χ0n) is 12.0. The van der Waals surface area contributed by atoms with Gasteiger partial charge in [0.1, 0.15) is 0 Å². The highest BCUT2D eigenvalue weighted by molar-refractivity contribution is 6.35. The molecule has 0 saturated carbocycles. The van der Waals surface area contributed by atoms with Crippen LogP contribution in [0.5, 0.6) is 0 Å². The van der Waals surface area contributed by atoms with Gasteiger partial charge in [-0.3, -0.25) is 9.59 Å². The third-order valence-corrected chi connectivity index (χ3v) is 3.30. The number of nitrogens with one attached hydrogen (secondary N) is 1. The molecule has 1 aliphatic heterocycles. The standard InChI is InChI=1S/C15H21N3O2/c1-12(2)16-14(19)15(20)18-10-8-17(9-11-18)13-6-4-3-5-7-13/h3-7,12H,8-11H2,1-2H3,(H,16,19). The van der Waals surface area contributed by atoms with Crippen molar-refractivity contribution in [3.05, 3.63) is 30.3 Å². The quantitative estimate of drug-likeness (QED) is 0.815. The first-order chi connectivity index (χ1) is 9.58. The summed E-state index contributed by atoms with van der Waals surface area (Å²) < 4.78 is 0. The van der Waals surface area contributed by atoms with Crippen LogP contribution in [0.3, 0.4) is 0 Å². The average molecular weight is 275 g/mol. The van der Waals surface area contributed by atoms with E-state index in [1.807, 2.05) is 32.0 Å². The second kappa shape index (κ2) is 6.41. The van der Waals surface area contributed by atoms with Crippen LogP contribution in [-0.2, 0) is 9.59 Å². The topological polar surface area (TPSA) is 52.7 Å². The van der Waals surface area contributed by atoms with Gasteiger partial charge in [0.15, 0.2) is 0 Å². The van der Waals surface area contributed by atoms with E-state index in [2.05, 4.69) is 22.3 Å². The first-order valence-corrected chi connectivity index (χ1v) is 6.97. The van der Waals surface area contributed by atoms with Gasteiger partial charge in [0.05, 0.1) is 0 Å². The molecule has 0 aromatic heterocycles. The molecule has 1 saturated heterocycles. The molecule has 5 nitrogen and oxygen atoms in total. The van der Waals surface area contributed by atoms with Gasteiger partial charge in [0, 0.05) is 37.9 Å². The lowest BCUT2D eigenvalue weighted by Crippen LogP contribution is -2.53. The molecule has 108 valence electrons. The van der Waals surface area contributed by atoms with Gasteiger partial charge in [-0.25, -0.2) is 0 Å². The lowest BCUT2D eigenvalue weighted by atomic mass is 10.2. The summed E-state index contributed by atoms with van der Waals surface area (Å²) in [5, 5.41) is 2.64. The predicted molar refractivity (Wildman–Crippen MR) is 78.5 cm³/mol. The number of hydrogen-bond donors (Lipinski definition) is 1. The number of piperazine rings is 1. The van der Waals surface area contributed by atoms with E-state index < -0.39 is 11.8 Å². The Morgan fingerprint density at radius 2 is 1.65 bits per heavy atom. The minimum atomic E-state index is -0.506. The van der Waals surface area contributed by atoms with E-state index in [0.29, 0.717) is 13.1 Å². The van der Waals surface area contributed by atoms with Gasteiger partial charge >= 0.3 is 11.8 Å². The number of rotatable bonds is 2. The van der Waals surface area contributed by atoms with Crippen LogP contribution in [0.15, 0.2) is 30.3 Å². The molecule has 0 radical (unpaired) electrons. The number of hydrogen-bond acceptors (Lipinski definition) is 3. The normalized spacial score (nSPS) is 15.3. The zero-order valence-corrected chi connectivity index (χ0v) is 12.0. The number of para-hydroxylation sites is 1. The highest BCUT2D eigenvalue weighted by atomic mass is 16.2. The molecule has 0 bridgehead atoms. The van der Waals surface area contributed by atoms with E-state index in [0.717, 1.165) is 18.8 Å². The summed E-state index contributed by atoms with van der Waals surface area (Å²) in [5.41, 5.74) is 1.16. The van der Waals surface area contributed by atoms with Gasteiger partial charge in [0.2, 0.25) is 0 Å². The molecule has 1 fully saturated rings. The molecule has 2 amide bonds. The Hall–Kier alpha value is -2.04. The van der Waals surface area contributed by atoms with Gasteiger partial charge in [-0.05, 0) is 26.0 Å². The van der Waals surface area contributed by atoms with Crippen molar-refractivity contribution >= 4 is 17.5 Å². The fourth-order valence-electron chi connectivity index (χ4n) is 2.27. The van der Waals surface area contributed by atoms with Crippen LogP contribution in [-0.4, -0.2) is 48.9 Å². The molecule has 20 heavy (non-hydrogen) atoms. The predicted octanol–water partition coefficient (Wildman–Crippen LogP) is 0.860. The fraction of sp³-hybridized carbons (Fsp3) is 0.467. The van der Waals surface area contributed by atoms with E-state index in [4.69, 9.17) is 0 Å². The zero-order chi connectivity index (χ0) is 14.5. The molecule has 1 heterocycles. The lowest BCUT2D eigenvalue weighted by Gasteiger charge is -2.35. The van der Waals surface area contributed by atoms with Gasteiger partial charge in [-0.15, -0.1) is 0 Å². The highest BCUT2D eigenvalue weighted by Crippen LogP contribution is 2.15. The first-order valence-electron chi connectivity index (χ1n) is 6.97. The van der Waals surface area contributed by atoms with Crippen molar-refractivity contribution in [3.8, 4) is 0 Å². The van der Waals surface area contributed by atoms with Gasteiger partial charge in [-0.1, -0.05) is 18.2 Å². The van der Waals surface area contributed by atoms with E-state index in [1.54, 1.807) is 4.90 Å². The number of nitrogens with zero attached hydrogens (tertiary/aromatic N) is 2. The Bertz CT molecular complexity index is 465. The molecule has 5 heteroatoms. The second-order valence-corrected chi connectivity index (χ2v) is 5.24. The number of carbonyl (C=O) groups excluding carboxylic acids is 2. The number of amides is 2. The second-order valence-electron chi connectivity index (χ2n) is 5.24. The molecule has 1 aliphatic rings. The first kappa shape index (κ1) is 14.4. The molecule has 1 aromatic carbocycles. The molecular weight excluding hydrogens is 254 g/mol. The van der Waals surface area contributed by atoms with E-state index in [9.17, 15) is 9.59 Å². The maximum atomic E-state index is 12.0. The third-order valence-electron chi connectivity index (χ3n) is 3.30. The summed E-state index contributed by atoms with van der Waals surface area (Å²) in [6.45, 7) is 6.37. The largest absolute Gasteiger partial charge is 0.368 e. The Labute approximate surface area is 119 Å². The summed E-state index contributed by atoms with van der Waals surface area (Å²) in [6.07, 6.45) is 0. The van der Waals surface area contributed by atoms with Crippen molar-refractivity contribution < 1.29 is 9.59 Å². The molecule has 0 unspecified atom stereocenters. The number of anilines is 1. The Balaban J connectivity index is 1.88. The highest BCUT2D eigenvalue weighted by Gasteiger charge is 2.26. The van der Waals surface area contributed by atoms with Crippen molar-refractivity contribution in [1.29, 1.82) is 0 Å².